The third-order valence-electron chi connectivity index (χ3n) is 4.28. The van der Waals surface area contributed by atoms with Gasteiger partial charge in [-0.15, -0.1) is 0 Å². The zero-order valence-electron chi connectivity index (χ0n) is 15.8. The summed E-state index contributed by atoms with van der Waals surface area (Å²) in [5, 5.41) is 0. The SMILES string of the molecule is CC(C)(C)C/C=C/CCS(=O)(=O)CCc1cccc(OCC2CC2)c1. The van der Waals surface area contributed by atoms with Gasteiger partial charge in [0.1, 0.15) is 5.75 Å². The van der Waals surface area contributed by atoms with Crippen LogP contribution in [0.3, 0.4) is 0 Å². The lowest BCUT2D eigenvalue weighted by atomic mass is 9.92. The van der Waals surface area contributed by atoms with Crippen molar-refractivity contribution in [2.75, 3.05) is 18.1 Å². The molecule has 0 heterocycles. The van der Waals surface area contributed by atoms with Crippen molar-refractivity contribution in [3.63, 3.8) is 0 Å². The first kappa shape index (κ1) is 20.0. The number of ether oxygens (including phenoxy) is 1. The molecule has 0 saturated heterocycles. The molecular weight excluding hydrogens is 332 g/mol. The average molecular weight is 365 g/mol. The highest BCUT2D eigenvalue weighted by Gasteiger charge is 2.21. The molecule has 4 heteroatoms. The molecule has 0 unspecified atom stereocenters. The number of aryl methyl sites for hydroxylation is 1. The minimum Gasteiger partial charge on any atom is -0.493 e. The van der Waals surface area contributed by atoms with Crippen molar-refractivity contribution in [2.24, 2.45) is 11.3 Å². The van der Waals surface area contributed by atoms with Crippen molar-refractivity contribution >= 4 is 9.84 Å². The third-order valence-corrected chi connectivity index (χ3v) is 5.96. The number of allylic oxidation sites excluding steroid dienone is 2. The molecule has 0 radical (unpaired) electrons. The van der Waals surface area contributed by atoms with Gasteiger partial charge in [0, 0.05) is 0 Å². The Morgan fingerprint density at radius 3 is 2.60 bits per heavy atom. The maximum Gasteiger partial charge on any atom is 0.150 e. The van der Waals surface area contributed by atoms with Crippen LogP contribution in [0.2, 0.25) is 0 Å². The lowest BCUT2D eigenvalue weighted by molar-refractivity contribution is 0.299. The average Bonchev–Trinajstić information content (AvgIpc) is 3.34. The molecule has 3 nitrogen and oxygen atoms in total. The summed E-state index contributed by atoms with van der Waals surface area (Å²) < 4.78 is 30.2. The van der Waals surface area contributed by atoms with Crippen molar-refractivity contribution in [1.29, 1.82) is 0 Å². The van der Waals surface area contributed by atoms with E-state index in [1.807, 2.05) is 30.3 Å². The molecule has 0 amide bonds. The third kappa shape index (κ3) is 9.10. The Morgan fingerprint density at radius 1 is 1.16 bits per heavy atom. The van der Waals surface area contributed by atoms with Gasteiger partial charge in [-0.25, -0.2) is 8.42 Å². The Morgan fingerprint density at radius 2 is 1.92 bits per heavy atom. The molecule has 0 bridgehead atoms. The summed E-state index contributed by atoms with van der Waals surface area (Å²) in [5.74, 6) is 2.00. The van der Waals surface area contributed by atoms with Crippen molar-refractivity contribution < 1.29 is 13.2 Å². The molecule has 0 spiro atoms. The van der Waals surface area contributed by atoms with E-state index >= 15 is 0 Å². The largest absolute Gasteiger partial charge is 0.493 e. The number of hydrogen-bond acceptors (Lipinski definition) is 3. The van der Waals surface area contributed by atoms with E-state index in [1.54, 1.807) is 0 Å². The molecule has 0 aliphatic heterocycles. The van der Waals surface area contributed by atoms with E-state index in [0.29, 0.717) is 12.8 Å². The summed E-state index contributed by atoms with van der Waals surface area (Å²) in [4.78, 5) is 0. The van der Waals surface area contributed by atoms with Gasteiger partial charge in [-0.05, 0) is 61.1 Å². The normalized spacial score (nSPS) is 15.6. The van der Waals surface area contributed by atoms with Gasteiger partial charge >= 0.3 is 0 Å². The van der Waals surface area contributed by atoms with E-state index in [0.717, 1.165) is 30.3 Å². The summed E-state index contributed by atoms with van der Waals surface area (Å²) in [6.07, 6.45) is 8.74. The second kappa shape index (κ2) is 8.88. The molecule has 1 aliphatic rings. The quantitative estimate of drug-likeness (QED) is 0.559. The lowest BCUT2D eigenvalue weighted by Crippen LogP contribution is -2.12. The molecule has 1 aromatic rings. The van der Waals surface area contributed by atoms with Gasteiger partial charge in [0.2, 0.25) is 0 Å². The van der Waals surface area contributed by atoms with Gasteiger partial charge in [0.15, 0.2) is 9.84 Å². The molecule has 1 aliphatic carbocycles. The van der Waals surface area contributed by atoms with Gasteiger partial charge in [0.25, 0.3) is 0 Å². The van der Waals surface area contributed by atoms with Crippen LogP contribution in [0, 0.1) is 11.3 Å². The smallest absolute Gasteiger partial charge is 0.150 e. The highest BCUT2D eigenvalue weighted by atomic mass is 32.2. The lowest BCUT2D eigenvalue weighted by Gasteiger charge is -2.14. The monoisotopic (exact) mass is 364 g/mol. The molecule has 1 aromatic carbocycles. The zero-order chi connectivity index (χ0) is 18.3. The molecule has 0 N–H and O–H groups in total. The molecule has 25 heavy (non-hydrogen) atoms. The van der Waals surface area contributed by atoms with E-state index in [1.165, 1.54) is 12.8 Å². The van der Waals surface area contributed by atoms with Crippen LogP contribution in [0.4, 0.5) is 0 Å². The second-order valence-corrected chi connectivity index (χ2v) is 10.6. The first-order valence-corrected chi connectivity index (χ1v) is 11.1. The fraction of sp³-hybridized carbons (Fsp3) is 0.619. The van der Waals surface area contributed by atoms with Crippen LogP contribution in [0.5, 0.6) is 5.75 Å². The molecule has 0 aromatic heterocycles. The number of sulfone groups is 1. The van der Waals surface area contributed by atoms with Gasteiger partial charge in [-0.2, -0.15) is 0 Å². The summed E-state index contributed by atoms with van der Waals surface area (Å²) in [6, 6.07) is 7.84. The van der Waals surface area contributed by atoms with Crippen LogP contribution < -0.4 is 4.74 Å². The van der Waals surface area contributed by atoms with E-state index in [4.69, 9.17) is 4.74 Å². The first-order valence-electron chi connectivity index (χ1n) is 9.31. The summed E-state index contributed by atoms with van der Waals surface area (Å²) in [6.45, 7) is 7.31. The van der Waals surface area contributed by atoms with E-state index < -0.39 is 9.84 Å². The Hall–Kier alpha value is -1.29. The van der Waals surface area contributed by atoms with Crippen molar-refractivity contribution in [3.05, 3.63) is 42.0 Å². The number of hydrogen-bond donors (Lipinski definition) is 0. The minimum atomic E-state index is -3.02. The molecular formula is C21H32O3S. The first-order chi connectivity index (χ1) is 11.7. The van der Waals surface area contributed by atoms with Crippen molar-refractivity contribution in [1.82, 2.24) is 0 Å². The van der Waals surface area contributed by atoms with Gasteiger partial charge in [0.05, 0.1) is 18.1 Å². The predicted octanol–water partition coefficient (Wildman–Crippen LogP) is 4.82. The maximum absolute atomic E-state index is 12.2. The van der Waals surface area contributed by atoms with Crippen LogP contribution in [0.25, 0.3) is 0 Å². The second-order valence-electron chi connectivity index (χ2n) is 8.33. The van der Waals surface area contributed by atoms with Gasteiger partial charge in [-0.1, -0.05) is 45.1 Å². The summed E-state index contributed by atoms with van der Waals surface area (Å²) >= 11 is 0. The van der Waals surface area contributed by atoms with Gasteiger partial charge < -0.3 is 4.74 Å². The maximum atomic E-state index is 12.2. The van der Waals surface area contributed by atoms with E-state index in [2.05, 4.69) is 26.8 Å². The van der Waals surface area contributed by atoms with Crippen molar-refractivity contribution in [3.8, 4) is 5.75 Å². The summed E-state index contributed by atoms with van der Waals surface area (Å²) in [7, 11) is -3.02. The highest BCUT2D eigenvalue weighted by Crippen LogP contribution is 2.29. The Balaban J connectivity index is 1.74. The Kier molecular flexibility index (Phi) is 7.12. The zero-order valence-corrected chi connectivity index (χ0v) is 16.6. The molecule has 0 atom stereocenters. The van der Waals surface area contributed by atoms with Crippen molar-refractivity contribution in [2.45, 2.75) is 52.9 Å². The van der Waals surface area contributed by atoms with Crippen LogP contribution in [-0.4, -0.2) is 26.5 Å². The molecule has 1 fully saturated rings. The fourth-order valence-corrected chi connectivity index (χ4v) is 3.71. The van der Waals surface area contributed by atoms with Crippen LogP contribution in [0.1, 0.15) is 52.0 Å². The van der Waals surface area contributed by atoms with E-state index in [9.17, 15) is 8.42 Å². The molecule has 2 rings (SSSR count). The highest BCUT2D eigenvalue weighted by molar-refractivity contribution is 7.91. The van der Waals surface area contributed by atoms with E-state index in [-0.39, 0.29) is 16.9 Å². The number of rotatable bonds is 10. The fourth-order valence-electron chi connectivity index (χ4n) is 2.47. The minimum absolute atomic E-state index is 0.201. The van der Waals surface area contributed by atoms with Crippen LogP contribution >= 0.6 is 0 Å². The number of benzene rings is 1. The van der Waals surface area contributed by atoms with Crippen LogP contribution in [0.15, 0.2) is 36.4 Å². The van der Waals surface area contributed by atoms with Gasteiger partial charge in [-0.3, -0.25) is 0 Å². The predicted molar refractivity (Wildman–Crippen MR) is 105 cm³/mol. The Bertz CT molecular complexity index is 665. The molecule has 140 valence electrons. The standard InChI is InChI=1S/C21H32O3S/c1-21(2,3)13-5-4-6-14-25(22,23)15-12-18-8-7-9-20(16-18)24-17-19-10-11-19/h4-5,7-9,16,19H,6,10-15,17H2,1-3H3/b5-4+. The Labute approximate surface area is 153 Å². The summed E-state index contributed by atoms with van der Waals surface area (Å²) in [5.41, 5.74) is 1.28. The molecule has 1 saturated carbocycles. The van der Waals surface area contributed by atoms with Crippen LogP contribution in [-0.2, 0) is 16.3 Å². The topological polar surface area (TPSA) is 43.4 Å².